The highest BCUT2D eigenvalue weighted by atomic mass is 32.2. The molecule has 1 aliphatic carbocycles. The molecule has 5 nitrogen and oxygen atoms in total. The molecule has 16 heavy (non-hydrogen) atoms. The fourth-order valence-electron chi connectivity index (χ4n) is 1.97. The predicted molar refractivity (Wildman–Crippen MR) is 63.2 cm³/mol. The fraction of sp³-hybridized carbons (Fsp3) is 1.00. The van der Waals surface area contributed by atoms with Gasteiger partial charge in [0, 0.05) is 19.6 Å². The Morgan fingerprint density at radius 3 is 2.44 bits per heavy atom. The molecule has 1 rings (SSSR count). The minimum absolute atomic E-state index is 0.0688. The molecule has 0 aromatic heterocycles. The highest BCUT2D eigenvalue weighted by Gasteiger charge is 2.27. The van der Waals surface area contributed by atoms with Gasteiger partial charge in [-0.05, 0) is 19.8 Å². The van der Waals surface area contributed by atoms with E-state index in [1.165, 1.54) is 10.7 Å². The topological polar surface area (TPSA) is 69.6 Å². The van der Waals surface area contributed by atoms with Gasteiger partial charge < -0.3 is 5.11 Å². The van der Waals surface area contributed by atoms with Crippen LogP contribution in [0.1, 0.15) is 39.0 Å². The Bertz CT molecular complexity index is 297. The lowest BCUT2D eigenvalue weighted by Crippen LogP contribution is -2.46. The van der Waals surface area contributed by atoms with E-state index in [-0.39, 0.29) is 12.6 Å². The summed E-state index contributed by atoms with van der Waals surface area (Å²) in [7, 11) is -1.82. The second kappa shape index (κ2) is 5.95. The SMILES string of the molecule is C[C@@H](O)CNS(=O)(=O)N(C)C1CCCCC1. The zero-order valence-corrected chi connectivity index (χ0v) is 10.8. The molecule has 0 bridgehead atoms. The third-order valence-corrected chi connectivity index (χ3v) is 4.62. The Labute approximate surface area is 98.0 Å². The smallest absolute Gasteiger partial charge is 0.279 e. The summed E-state index contributed by atoms with van der Waals surface area (Å²) in [6, 6.07) is 0.111. The normalized spacial score (nSPS) is 21.2. The summed E-state index contributed by atoms with van der Waals surface area (Å²) in [4.78, 5) is 0. The molecule has 0 aromatic rings. The van der Waals surface area contributed by atoms with Crippen molar-refractivity contribution < 1.29 is 13.5 Å². The van der Waals surface area contributed by atoms with E-state index in [9.17, 15) is 8.42 Å². The molecule has 0 aromatic carbocycles. The number of aliphatic hydroxyl groups is 1. The lowest BCUT2D eigenvalue weighted by atomic mass is 9.96. The first-order valence-corrected chi connectivity index (χ1v) is 7.28. The minimum Gasteiger partial charge on any atom is -0.392 e. The van der Waals surface area contributed by atoms with Crippen molar-refractivity contribution in [2.75, 3.05) is 13.6 Å². The number of hydrogen-bond donors (Lipinski definition) is 2. The molecule has 0 heterocycles. The van der Waals surface area contributed by atoms with Crippen molar-refractivity contribution >= 4 is 10.2 Å². The maximum absolute atomic E-state index is 11.8. The zero-order chi connectivity index (χ0) is 12.2. The predicted octanol–water partition coefficient (Wildman–Crippen LogP) is 0.466. The number of hydrogen-bond acceptors (Lipinski definition) is 3. The second-order valence-electron chi connectivity index (χ2n) is 4.51. The van der Waals surface area contributed by atoms with E-state index in [1.54, 1.807) is 14.0 Å². The molecule has 1 atom stereocenters. The monoisotopic (exact) mass is 250 g/mol. The summed E-state index contributed by atoms with van der Waals surface area (Å²) in [6.45, 7) is 1.63. The van der Waals surface area contributed by atoms with Gasteiger partial charge >= 0.3 is 0 Å². The van der Waals surface area contributed by atoms with Gasteiger partial charge in [-0.2, -0.15) is 17.4 Å². The Morgan fingerprint density at radius 2 is 1.94 bits per heavy atom. The van der Waals surface area contributed by atoms with Crippen LogP contribution in [0.2, 0.25) is 0 Å². The molecule has 0 radical (unpaired) electrons. The van der Waals surface area contributed by atoms with Crippen molar-refractivity contribution in [1.82, 2.24) is 9.03 Å². The van der Waals surface area contributed by atoms with Crippen LogP contribution in [0.4, 0.5) is 0 Å². The van der Waals surface area contributed by atoms with Crippen molar-refractivity contribution in [2.24, 2.45) is 0 Å². The lowest BCUT2D eigenvalue weighted by Gasteiger charge is -2.30. The lowest BCUT2D eigenvalue weighted by molar-refractivity contribution is 0.196. The number of nitrogens with one attached hydrogen (secondary N) is 1. The van der Waals surface area contributed by atoms with Crippen LogP contribution in [0.25, 0.3) is 0 Å². The van der Waals surface area contributed by atoms with E-state index in [0.717, 1.165) is 25.7 Å². The maximum Gasteiger partial charge on any atom is 0.279 e. The highest BCUT2D eigenvalue weighted by molar-refractivity contribution is 7.87. The average molecular weight is 250 g/mol. The van der Waals surface area contributed by atoms with Gasteiger partial charge in [0.25, 0.3) is 10.2 Å². The number of nitrogens with zero attached hydrogens (tertiary/aromatic N) is 1. The van der Waals surface area contributed by atoms with E-state index in [2.05, 4.69) is 4.72 Å². The van der Waals surface area contributed by atoms with Gasteiger partial charge in [-0.15, -0.1) is 0 Å². The molecule has 0 saturated heterocycles. The average Bonchev–Trinajstić information content (AvgIpc) is 2.27. The first kappa shape index (κ1) is 13.9. The van der Waals surface area contributed by atoms with Gasteiger partial charge in [-0.25, -0.2) is 0 Å². The highest BCUT2D eigenvalue weighted by Crippen LogP contribution is 2.22. The van der Waals surface area contributed by atoms with Crippen LogP contribution in [0, 0.1) is 0 Å². The molecule has 0 unspecified atom stereocenters. The molecule has 1 fully saturated rings. The summed E-state index contributed by atoms with van der Waals surface area (Å²) >= 11 is 0. The molecule has 96 valence electrons. The first-order chi connectivity index (χ1) is 7.43. The molecule has 2 N–H and O–H groups in total. The van der Waals surface area contributed by atoms with E-state index < -0.39 is 16.3 Å². The summed E-state index contributed by atoms with van der Waals surface area (Å²) in [5, 5.41) is 9.06. The van der Waals surface area contributed by atoms with Gasteiger partial charge in [-0.3, -0.25) is 0 Å². The molecule has 1 aliphatic rings. The number of rotatable bonds is 5. The third-order valence-electron chi connectivity index (χ3n) is 3.03. The van der Waals surface area contributed by atoms with Crippen molar-refractivity contribution in [3.8, 4) is 0 Å². The zero-order valence-electron chi connectivity index (χ0n) is 10.0. The third kappa shape index (κ3) is 4.01. The van der Waals surface area contributed by atoms with Gasteiger partial charge in [0.1, 0.15) is 0 Å². The van der Waals surface area contributed by atoms with Crippen molar-refractivity contribution in [3.63, 3.8) is 0 Å². The van der Waals surface area contributed by atoms with Gasteiger partial charge in [0.15, 0.2) is 0 Å². The fourth-order valence-corrected chi connectivity index (χ4v) is 3.23. The largest absolute Gasteiger partial charge is 0.392 e. The molecular formula is C10H22N2O3S. The Hall–Kier alpha value is -0.170. The molecule has 0 amide bonds. The maximum atomic E-state index is 11.8. The van der Waals surface area contributed by atoms with Gasteiger partial charge in [-0.1, -0.05) is 19.3 Å². The molecule has 6 heteroatoms. The minimum atomic E-state index is -3.43. The molecule has 0 spiro atoms. The van der Waals surface area contributed by atoms with Gasteiger partial charge in [0.05, 0.1) is 6.10 Å². The summed E-state index contributed by atoms with van der Waals surface area (Å²) in [5.74, 6) is 0. The molecular weight excluding hydrogens is 228 g/mol. The van der Waals surface area contributed by atoms with E-state index in [4.69, 9.17) is 5.11 Å². The van der Waals surface area contributed by atoms with Crippen LogP contribution in [-0.4, -0.2) is 43.6 Å². The summed E-state index contributed by atoms with van der Waals surface area (Å²) in [5.41, 5.74) is 0. The van der Waals surface area contributed by atoms with Crippen LogP contribution in [-0.2, 0) is 10.2 Å². The van der Waals surface area contributed by atoms with Crippen molar-refractivity contribution in [1.29, 1.82) is 0 Å². The molecule has 1 saturated carbocycles. The van der Waals surface area contributed by atoms with Crippen LogP contribution < -0.4 is 4.72 Å². The number of aliphatic hydroxyl groups excluding tert-OH is 1. The van der Waals surface area contributed by atoms with Crippen LogP contribution in [0.15, 0.2) is 0 Å². The molecule has 0 aliphatic heterocycles. The first-order valence-electron chi connectivity index (χ1n) is 5.84. The van der Waals surface area contributed by atoms with Gasteiger partial charge in [0.2, 0.25) is 0 Å². The van der Waals surface area contributed by atoms with Crippen LogP contribution in [0.5, 0.6) is 0 Å². The second-order valence-corrected chi connectivity index (χ2v) is 6.33. The summed E-state index contributed by atoms with van der Waals surface area (Å²) < 4.78 is 27.5. The van der Waals surface area contributed by atoms with E-state index >= 15 is 0 Å². The Morgan fingerprint density at radius 1 is 1.38 bits per heavy atom. The van der Waals surface area contributed by atoms with E-state index in [1.807, 2.05) is 0 Å². The van der Waals surface area contributed by atoms with Crippen molar-refractivity contribution in [3.05, 3.63) is 0 Å². The quantitative estimate of drug-likeness (QED) is 0.745. The van der Waals surface area contributed by atoms with Crippen molar-refractivity contribution in [2.45, 2.75) is 51.2 Å². The summed E-state index contributed by atoms with van der Waals surface area (Å²) in [6.07, 6.45) is 4.61. The van der Waals surface area contributed by atoms with Crippen LogP contribution >= 0.6 is 0 Å². The standard InChI is InChI=1S/C10H22N2O3S/c1-9(13)8-11-16(14,15)12(2)10-6-4-3-5-7-10/h9-11,13H,3-8H2,1-2H3/t9-/m1/s1. The Balaban J connectivity index is 2.53. The van der Waals surface area contributed by atoms with Crippen LogP contribution in [0.3, 0.4) is 0 Å². The Kier molecular flexibility index (Phi) is 5.17. The van der Waals surface area contributed by atoms with E-state index in [0.29, 0.717) is 0 Å².